The Hall–Kier alpha value is -3.92. The summed E-state index contributed by atoms with van der Waals surface area (Å²) in [5.74, 6) is -1.49. The number of nitrogens with one attached hydrogen (secondary N) is 2. The summed E-state index contributed by atoms with van der Waals surface area (Å²) in [5, 5.41) is 10.4. The third-order valence-corrected chi connectivity index (χ3v) is 5.84. The molecule has 182 valence electrons. The van der Waals surface area contributed by atoms with Crippen molar-refractivity contribution < 1.29 is 14.4 Å². The first-order valence-electron chi connectivity index (χ1n) is 11.2. The molecule has 0 unspecified atom stereocenters. The second kappa shape index (κ2) is 9.75. The van der Waals surface area contributed by atoms with Crippen LogP contribution in [-0.4, -0.2) is 32.5 Å². The van der Waals surface area contributed by atoms with E-state index < -0.39 is 11.8 Å². The summed E-state index contributed by atoms with van der Waals surface area (Å²) in [6.45, 7) is 3.64. The van der Waals surface area contributed by atoms with Crippen LogP contribution in [0.2, 0.25) is 5.02 Å². The standard InChI is InChI=1S/C24H26ClN7O3/c1-12(2)32-22(26)19(23(27)34)21(31-32)24(35)30-17-10-16(11-28-20(17)14-5-6-14)29-18(33)9-13-3-7-15(25)8-4-13/h3-4,7-8,10-12,14H,5-6,9,26H2,1-2H3,(H2,27,34)(H,29,33)(H,30,35). The van der Waals surface area contributed by atoms with Crippen LogP contribution in [0.4, 0.5) is 17.2 Å². The number of primary amides is 1. The number of carbonyl (C=O) groups is 3. The normalized spacial score (nSPS) is 13.0. The van der Waals surface area contributed by atoms with E-state index in [2.05, 4.69) is 20.7 Å². The van der Waals surface area contributed by atoms with Gasteiger partial charge in [0.25, 0.3) is 11.8 Å². The predicted octanol–water partition coefficient (Wildman–Crippen LogP) is 3.50. The lowest BCUT2D eigenvalue weighted by atomic mass is 10.1. The third-order valence-electron chi connectivity index (χ3n) is 5.59. The molecule has 0 saturated heterocycles. The molecular weight excluding hydrogens is 470 g/mol. The van der Waals surface area contributed by atoms with Gasteiger partial charge in [-0.25, -0.2) is 4.68 Å². The molecule has 3 amide bonds. The Kier molecular flexibility index (Phi) is 6.74. The first-order valence-corrected chi connectivity index (χ1v) is 11.5. The summed E-state index contributed by atoms with van der Waals surface area (Å²) >= 11 is 5.90. The highest BCUT2D eigenvalue weighted by Gasteiger charge is 2.31. The van der Waals surface area contributed by atoms with Gasteiger partial charge >= 0.3 is 0 Å². The number of pyridine rings is 1. The molecule has 1 fully saturated rings. The highest BCUT2D eigenvalue weighted by atomic mass is 35.5. The fourth-order valence-electron chi connectivity index (χ4n) is 3.74. The molecule has 6 N–H and O–H groups in total. The molecular formula is C24H26ClN7O3. The minimum atomic E-state index is -0.844. The molecule has 1 aromatic carbocycles. The number of rotatable bonds is 8. The van der Waals surface area contributed by atoms with E-state index in [4.69, 9.17) is 23.1 Å². The monoisotopic (exact) mass is 495 g/mol. The summed E-state index contributed by atoms with van der Waals surface area (Å²) in [4.78, 5) is 42.2. The Morgan fingerprint density at radius 2 is 1.86 bits per heavy atom. The van der Waals surface area contributed by atoms with Crippen molar-refractivity contribution in [2.45, 2.75) is 45.1 Å². The zero-order valence-corrected chi connectivity index (χ0v) is 20.1. The summed E-state index contributed by atoms with van der Waals surface area (Å²) in [5.41, 5.74) is 13.6. The maximum atomic E-state index is 13.1. The van der Waals surface area contributed by atoms with Gasteiger partial charge < -0.3 is 22.1 Å². The average Bonchev–Trinajstić information content (AvgIpc) is 3.56. The van der Waals surface area contributed by atoms with E-state index in [0.717, 1.165) is 18.4 Å². The quantitative estimate of drug-likeness (QED) is 0.374. The van der Waals surface area contributed by atoms with Crippen molar-refractivity contribution in [3.63, 3.8) is 0 Å². The molecule has 0 radical (unpaired) electrons. The van der Waals surface area contributed by atoms with Crippen LogP contribution in [0.3, 0.4) is 0 Å². The number of halogens is 1. The summed E-state index contributed by atoms with van der Waals surface area (Å²) in [6, 6.07) is 8.46. The number of nitrogens with zero attached hydrogens (tertiary/aromatic N) is 3. The van der Waals surface area contributed by atoms with E-state index in [1.165, 1.54) is 4.68 Å². The van der Waals surface area contributed by atoms with Crippen LogP contribution in [0.5, 0.6) is 0 Å². The number of hydrogen-bond acceptors (Lipinski definition) is 6. The van der Waals surface area contributed by atoms with Crippen LogP contribution < -0.4 is 22.1 Å². The Morgan fingerprint density at radius 3 is 2.46 bits per heavy atom. The van der Waals surface area contributed by atoms with Crippen molar-refractivity contribution in [1.29, 1.82) is 0 Å². The summed E-state index contributed by atoms with van der Waals surface area (Å²) in [7, 11) is 0. The van der Waals surface area contributed by atoms with Gasteiger partial charge in [-0.3, -0.25) is 19.4 Å². The van der Waals surface area contributed by atoms with Gasteiger partial charge in [0.05, 0.1) is 29.7 Å². The number of aromatic nitrogens is 3. The third kappa shape index (κ3) is 5.43. The number of nitrogen functional groups attached to an aromatic ring is 1. The van der Waals surface area contributed by atoms with Crippen molar-refractivity contribution in [3.8, 4) is 0 Å². The minimum absolute atomic E-state index is 0.0291. The lowest BCUT2D eigenvalue weighted by Crippen LogP contribution is -2.21. The minimum Gasteiger partial charge on any atom is -0.383 e. The maximum absolute atomic E-state index is 13.1. The number of hydrogen-bond donors (Lipinski definition) is 4. The highest BCUT2D eigenvalue weighted by Crippen LogP contribution is 2.43. The number of nitrogens with two attached hydrogens (primary N) is 2. The maximum Gasteiger partial charge on any atom is 0.277 e. The molecule has 1 saturated carbocycles. The molecule has 2 aromatic heterocycles. The van der Waals surface area contributed by atoms with Gasteiger partial charge in [0, 0.05) is 17.0 Å². The first-order chi connectivity index (χ1) is 16.6. The smallest absolute Gasteiger partial charge is 0.277 e. The molecule has 0 spiro atoms. The van der Waals surface area contributed by atoms with Crippen molar-refractivity contribution >= 4 is 46.5 Å². The van der Waals surface area contributed by atoms with Crippen molar-refractivity contribution in [3.05, 3.63) is 64.1 Å². The Bertz CT molecular complexity index is 1300. The highest BCUT2D eigenvalue weighted by molar-refractivity contribution is 6.30. The molecule has 3 aromatic rings. The van der Waals surface area contributed by atoms with Crippen molar-refractivity contribution in [2.24, 2.45) is 5.73 Å². The van der Waals surface area contributed by atoms with Crippen LogP contribution in [0.1, 0.15) is 70.8 Å². The van der Waals surface area contributed by atoms with Crippen LogP contribution in [0.25, 0.3) is 0 Å². The zero-order valence-electron chi connectivity index (χ0n) is 19.3. The molecule has 0 atom stereocenters. The summed E-state index contributed by atoms with van der Waals surface area (Å²) in [6.07, 6.45) is 3.60. The van der Waals surface area contributed by atoms with E-state index in [1.54, 1.807) is 36.5 Å². The van der Waals surface area contributed by atoms with E-state index in [9.17, 15) is 14.4 Å². The topological polar surface area (TPSA) is 158 Å². The van der Waals surface area contributed by atoms with Gasteiger partial charge in [0.15, 0.2) is 5.69 Å². The van der Waals surface area contributed by atoms with Crippen LogP contribution in [0.15, 0.2) is 36.5 Å². The molecule has 0 aliphatic heterocycles. The van der Waals surface area contributed by atoms with Gasteiger partial charge in [-0.15, -0.1) is 0 Å². The van der Waals surface area contributed by atoms with Crippen LogP contribution in [-0.2, 0) is 11.2 Å². The van der Waals surface area contributed by atoms with Gasteiger partial charge in [-0.1, -0.05) is 23.7 Å². The number of anilines is 3. The van der Waals surface area contributed by atoms with Crippen LogP contribution in [0, 0.1) is 0 Å². The lowest BCUT2D eigenvalue weighted by Gasteiger charge is -2.12. The fourth-order valence-corrected chi connectivity index (χ4v) is 3.87. The SMILES string of the molecule is CC(C)n1nc(C(=O)Nc2cc(NC(=O)Cc3ccc(Cl)cc3)cnc2C2CC2)c(C(N)=O)c1N. The molecule has 10 nitrogen and oxygen atoms in total. The molecule has 2 heterocycles. The fraction of sp³-hybridized carbons (Fsp3) is 0.292. The van der Waals surface area contributed by atoms with E-state index in [1.807, 2.05) is 13.8 Å². The second-order valence-corrected chi connectivity index (χ2v) is 9.18. The molecule has 11 heteroatoms. The zero-order chi connectivity index (χ0) is 25.3. The van der Waals surface area contributed by atoms with E-state index >= 15 is 0 Å². The lowest BCUT2D eigenvalue weighted by molar-refractivity contribution is -0.115. The molecule has 0 bridgehead atoms. The first kappa shape index (κ1) is 24.2. The molecule has 4 rings (SSSR count). The van der Waals surface area contributed by atoms with Crippen molar-refractivity contribution in [2.75, 3.05) is 16.4 Å². The van der Waals surface area contributed by atoms with E-state index in [-0.39, 0.29) is 41.4 Å². The second-order valence-electron chi connectivity index (χ2n) is 8.75. The molecule has 35 heavy (non-hydrogen) atoms. The number of benzene rings is 1. The van der Waals surface area contributed by atoms with Gasteiger partial charge in [-0.2, -0.15) is 5.10 Å². The number of amides is 3. The Labute approximate surface area is 207 Å². The number of carbonyl (C=O) groups excluding carboxylic acids is 3. The van der Waals surface area contributed by atoms with Crippen LogP contribution >= 0.6 is 11.6 Å². The largest absolute Gasteiger partial charge is 0.383 e. The summed E-state index contributed by atoms with van der Waals surface area (Å²) < 4.78 is 1.38. The Morgan fingerprint density at radius 1 is 1.17 bits per heavy atom. The van der Waals surface area contributed by atoms with Crippen molar-refractivity contribution in [1.82, 2.24) is 14.8 Å². The van der Waals surface area contributed by atoms with Gasteiger partial charge in [0.2, 0.25) is 5.91 Å². The molecule has 1 aliphatic rings. The Balaban J connectivity index is 1.57. The predicted molar refractivity (Wildman–Crippen MR) is 133 cm³/mol. The van der Waals surface area contributed by atoms with E-state index in [0.29, 0.717) is 22.1 Å². The molecule has 1 aliphatic carbocycles. The van der Waals surface area contributed by atoms with Gasteiger partial charge in [-0.05, 0) is 50.5 Å². The average molecular weight is 496 g/mol. The van der Waals surface area contributed by atoms with Gasteiger partial charge in [0.1, 0.15) is 11.4 Å².